The molecule has 0 aromatic heterocycles. The Morgan fingerprint density at radius 2 is 1.75 bits per heavy atom. The van der Waals surface area contributed by atoms with Gasteiger partial charge in [-0.1, -0.05) is 6.42 Å². The number of ether oxygens (including phenoxy) is 3. The van der Waals surface area contributed by atoms with E-state index in [1.54, 1.807) is 11.0 Å². The minimum absolute atomic E-state index is 0.00190. The van der Waals surface area contributed by atoms with E-state index >= 15 is 0 Å². The molecule has 10 heteroatoms. The van der Waals surface area contributed by atoms with Crippen molar-refractivity contribution < 1.29 is 32.2 Å². The van der Waals surface area contributed by atoms with E-state index < -0.39 is 21.0 Å². The first-order chi connectivity index (χ1) is 18.9. The summed E-state index contributed by atoms with van der Waals surface area (Å²) >= 11 is 0. The summed E-state index contributed by atoms with van der Waals surface area (Å²) < 4.78 is 46.0. The van der Waals surface area contributed by atoms with Crippen molar-refractivity contribution in [3.8, 4) is 11.5 Å². The van der Waals surface area contributed by atoms with E-state index in [0.29, 0.717) is 43.8 Å². The largest absolute Gasteiger partial charge is 0.497 e. The molecular formula is C30H38N2O7S. The number of nitrogens with zero attached hydrogens (tertiary/aromatic N) is 1. The number of likely N-dealkylation sites (tertiary alicyclic amines) is 1. The van der Waals surface area contributed by atoms with Crippen molar-refractivity contribution in [3.05, 3.63) is 47.0 Å². The molecule has 2 fully saturated rings. The average Bonchev–Trinajstić information content (AvgIpc) is 3.18. The van der Waals surface area contributed by atoms with Crippen LogP contribution in [0.1, 0.15) is 75.5 Å². The van der Waals surface area contributed by atoms with Gasteiger partial charge in [-0.05, 0) is 93.3 Å². The molecule has 1 aliphatic heterocycles. The zero-order valence-electron chi connectivity index (χ0n) is 23.8. The lowest BCUT2D eigenvalue weighted by Gasteiger charge is -2.38. The molecule has 1 N–H and O–H groups in total. The second-order valence-corrected chi connectivity index (χ2v) is 13.6. The number of methoxy groups -OCH3 is 2. The first-order valence-corrected chi connectivity index (χ1v) is 15.3. The van der Waals surface area contributed by atoms with Gasteiger partial charge in [-0.25, -0.2) is 13.2 Å². The zero-order valence-corrected chi connectivity index (χ0v) is 24.7. The van der Waals surface area contributed by atoms with E-state index in [-0.39, 0.29) is 28.4 Å². The van der Waals surface area contributed by atoms with Crippen molar-refractivity contribution in [2.24, 2.45) is 0 Å². The summed E-state index contributed by atoms with van der Waals surface area (Å²) in [6.07, 6.45) is 4.01. The Morgan fingerprint density at radius 1 is 1.05 bits per heavy atom. The first kappa shape index (κ1) is 28.3. The van der Waals surface area contributed by atoms with Gasteiger partial charge in [0.2, 0.25) is 0 Å². The van der Waals surface area contributed by atoms with Crippen LogP contribution in [0.5, 0.6) is 11.5 Å². The van der Waals surface area contributed by atoms with Crippen LogP contribution in [0.3, 0.4) is 0 Å². The average molecular weight is 571 g/mol. The SMILES string of the molecule is COc1ccc(S(=O)(=O)Nc2cc(C3CCN(C(=O)OC(C)(C)C)CC3)c3c(c2)C2(CCC2)C(=O)C3)c(OC)c1. The highest BCUT2D eigenvalue weighted by Crippen LogP contribution is 2.53. The summed E-state index contributed by atoms with van der Waals surface area (Å²) in [5.41, 5.74) is 2.34. The highest BCUT2D eigenvalue weighted by Gasteiger charge is 2.51. The van der Waals surface area contributed by atoms with Crippen LogP contribution in [-0.2, 0) is 31.4 Å². The summed E-state index contributed by atoms with van der Waals surface area (Å²) in [6.45, 7) is 6.62. The van der Waals surface area contributed by atoms with Crippen molar-refractivity contribution in [2.75, 3.05) is 32.0 Å². The molecule has 1 spiro atoms. The molecule has 0 radical (unpaired) electrons. The number of fused-ring (bicyclic) bond motifs is 2. The predicted octanol–water partition coefficient (Wildman–Crippen LogP) is 5.17. The van der Waals surface area contributed by atoms with Gasteiger partial charge in [-0.2, -0.15) is 0 Å². The second kappa shape index (κ2) is 10.3. The van der Waals surface area contributed by atoms with Gasteiger partial charge in [-0.15, -0.1) is 0 Å². The van der Waals surface area contributed by atoms with E-state index in [4.69, 9.17) is 14.2 Å². The highest BCUT2D eigenvalue weighted by molar-refractivity contribution is 7.92. The van der Waals surface area contributed by atoms with Crippen molar-refractivity contribution >= 4 is 27.6 Å². The lowest BCUT2D eigenvalue weighted by atomic mass is 9.64. The van der Waals surface area contributed by atoms with E-state index in [9.17, 15) is 18.0 Å². The molecule has 2 aromatic rings. The number of carbonyl (C=O) groups excluding carboxylic acids is 2. The van der Waals surface area contributed by atoms with Crippen LogP contribution < -0.4 is 14.2 Å². The topological polar surface area (TPSA) is 111 Å². The summed E-state index contributed by atoms with van der Waals surface area (Å²) in [7, 11) is -1.09. The Morgan fingerprint density at radius 3 is 2.33 bits per heavy atom. The third-order valence-electron chi connectivity index (χ3n) is 8.38. The molecule has 1 amide bonds. The fourth-order valence-electron chi connectivity index (χ4n) is 6.21. The molecule has 9 nitrogen and oxygen atoms in total. The Bertz CT molecular complexity index is 1430. The smallest absolute Gasteiger partial charge is 0.410 e. The quantitative estimate of drug-likeness (QED) is 0.510. The van der Waals surface area contributed by atoms with Gasteiger partial charge < -0.3 is 19.1 Å². The van der Waals surface area contributed by atoms with Gasteiger partial charge in [0.25, 0.3) is 10.0 Å². The molecule has 1 saturated carbocycles. The number of ketones is 1. The van der Waals surface area contributed by atoms with Crippen molar-refractivity contribution in [1.82, 2.24) is 4.90 Å². The number of rotatable bonds is 6. The van der Waals surface area contributed by atoms with E-state index in [2.05, 4.69) is 4.72 Å². The van der Waals surface area contributed by atoms with Crippen LogP contribution >= 0.6 is 0 Å². The van der Waals surface area contributed by atoms with Gasteiger partial charge in [-0.3, -0.25) is 9.52 Å². The van der Waals surface area contributed by atoms with Crippen LogP contribution in [0.2, 0.25) is 0 Å². The van der Waals surface area contributed by atoms with Crippen LogP contribution in [0.4, 0.5) is 10.5 Å². The Kier molecular flexibility index (Phi) is 7.27. The van der Waals surface area contributed by atoms with Gasteiger partial charge in [0.05, 0.1) is 19.6 Å². The Hall–Kier alpha value is -3.27. The number of hydrogen-bond donors (Lipinski definition) is 1. The van der Waals surface area contributed by atoms with Crippen molar-refractivity contribution in [3.63, 3.8) is 0 Å². The van der Waals surface area contributed by atoms with Crippen LogP contribution in [0.15, 0.2) is 35.2 Å². The summed E-state index contributed by atoms with van der Waals surface area (Å²) in [5.74, 6) is 0.973. The van der Waals surface area contributed by atoms with Crippen molar-refractivity contribution in [2.45, 2.75) is 81.1 Å². The molecule has 40 heavy (non-hydrogen) atoms. The van der Waals surface area contributed by atoms with Crippen LogP contribution in [0.25, 0.3) is 0 Å². The molecule has 1 heterocycles. The molecule has 0 atom stereocenters. The maximum atomic E-state index is 13.6. The minimum Gasteiger partial charge on any atom is -0.497 e. The van der Waals surface area contributed by atoms with E-state index in [1.165, 1.54) is 26.4 Å². The number of Topliss-reactive ketones (excluding diaryl/α,β-unsaturated/α-hetero) is 1. The lowest BCUT2D eigenvalue weighted by molar-refractivity contribution is -0.125. The van der Waals surface area contributed by atoms with Gasteiger partial charge in [0.15, 0.2) is 0 Å². The normalized spacial score (nSPS) is 18.7. The molecule has 2 aromatic carbocycles. The standard InChI is InChI=1S/C30H38N2O7S/c1-29(2,3)39-28(34)32-13-9-19(10-14-32)22-15-20(16-24-23(22)18-27(33)30(24)11-6-12-30)31-40(35,36)26-8-7-21(37-4)17-25(26)38-5/h7-8,15-17,19,31H,6,9-14,18H2,1-5H3. The first-order valence-electron chi connectivity index (χ1n) is 13.8. The van der Waals surface area contributed by atoms with E-state index in [1.807, 2.05) is 32.9 Å². The molecule has 0 unspecified atom stereocenters. The molecule has 1 saturated heterocycles. The molecule has 0 bridgehead atoms. The monoisotopic (exact) mass is 570 g/mol. The van der Waals surface area contributed by atoms with Gasteiger partial charge in [0, 0.05) is 31.3 Å². The molecule has 2 aliphatic carbocycles. The summed E-state index contributed by atoms with van der Waals surface area (Å²) in [4.78, 5) is 27.6. The third kappa shape index (κ3) is 5.13. The number of benzene rings is 2. The van der Waals surface area contributed by atoms with Crippen LogP contribution in [-0.4, -0.2) is 58.1 Å². The van der Waals surface area contributed by atoms with Crippen LogP contribution in [0, 0.1) is 0 Å². The third-order valence-corrected chi connectivity index (χ3v) is 9.80. The summed E-state index contributed by atoms with van der Waals surface area (Å²) in [5, 5.41) is 0. The Labute approximate surface area is 236 Å². The molecule has 3 aliphatic rings. The number of carbonyl (C=O) groups is 2. The number of nitrogens with one attached hydrogen (secondary N) is 1. The fraction of sp³-hybridized carbons (Fsp3) is 0.533. The fourth-order valence-corrected chi connectivity index (χ4v) is 7.40. The van der Waals surface area contributed by atoms with E-state index in [0.717, 1.165) is 36.0 Å². The Balaban J connectivity index is 1.47. The lowest BCUT2D eigenvalue weighted by Crippen LogP contribution is -2.41. The molecule has 216 valence electrons. The number of sulfonamides is 1. The number of anilines is 1. The summed E-state index contributed by atoms with van der Waals surface area (Å²) in [6, 6.07) is 8.30. The zero-order chi connectivity index (χ0) is 28.9. The van der Waals surface area contributed by atoms with Gasteiger partial charge in [0.1, 0.15) is 27.8 Å². The predicted molar refractivity (Wildman–Crippen MR) is 151 cm³/mol. The highest BCUT2D eigenvalue weighted by atomic mass is 32.2. The number of piperidine rings is 1. The van der Waals surface area contributed by atoms with Gasteiger partial charge >= 0.3 is 6.09 Å². The second-order valence-electron chi connectivity index (χ2n) is 12.0. The van der Waals surface area contributed by atoms with Crippen molar-refractivity contribution in [1.29, 1.82) is 0 Å². The molecule has 5 rings (SSSR count). The maximum absolute atomic E-state index is 13.6. The minimum atomic E-state index is -4.01. The number of hydrogen-bond acceptors (Lipinski definition) is 7. The number of amides is 1. The molecular weight excluding hydrogens is 532 g/mol. The maximum Gasteiger partial charge on any atom is 0.410 e.